The molecule has 0 radical (unpaired) electrons. The Balaban J connectivity index is 1.97. The lowest BCUT2D eigenvalue weighted by molar-refractivity contribution is 0.664. The van der Waals surface area contributed by atoms with Crippen molar-refractivity contribution in [3.63, 3.8) is 0 Å². The molecule has 3 nitrogen and oxygen atoms in total. The van der Waals surface area contributed by atoms with Gasteiger partial charge in [0.15, 0.2) is 0 Å². The third kappa shape index (κ3) is 3.82. The SMILES string of the molecule is CCNCCc1ccc(Cn2ncc(Cl)c2C)cc1. The molecule has 1 aromatic carbocycles. The molecule has 1 N–H and O–H groups in total. The van der Waals surface area contributed by atoms with Crippen molar-refractivity contribution in [2.75, 3.05) is 13.1 Å². The van der Waals surface area contributed by atoms with Crippen molar-refractivity contribution in [3.05, 3.63) is 52.3 Å². The third-order valence-electron chi connectivity index (χ3n) is 3.24. The van der Waals surface area contributed by atoms with Gasteiger partial charge in [-0.3, -0.25) is 4.68 Å². The predicted molar refractivity (Wildman–Crippen MR) is 79.8 cm³/mol. The first kappa shape index (κ1) is 14.1. The summed E-state index contributed by atoms with van der Waals surface area (Å²) in [5, 5.41) is 8.33. The number of likely N-dealkylation sites (N-methyl/N-ethyl adjacent to an activating group) is 1. The van der Waals surface area contributed by atoms with Crippen molar-refractivity contribution >= 4 is 11.6 Å². The molecule has 1 aromatic heterocycles. The maximum Gasteiger partial charge on any atom is 0.0815 e. The summed E-state index contributed by atoms with van der Waals surface area (Å²) in [7, 11) is 0. The second-order valence-electron chi connectivity index (χ2n) is 4.66. The molecule has 0 aliphatic rings. The second kappa shape index (κ2) is 6.73. The minimum absolute atomic E-state index is 0.724. The van der Waals surface area contributed by atoms with Crippen molar-refractivity contribution in [2.45, 2.75) is 26.8 Å². The number of halogens is 1. The van der Waals surface area contributed by atoms with E-state index in [9.17, 15) is 0 Å². The molecule has 0 saturated carbocycles. The lowest BCUT2D eigenvalue weighted by Crippen LogP contribution is -2.16. The standard InChI is InChI=1S/C15H20ClN3/c1-3-17-9-8-13-4-6-14(7-5-13)11-19-12(2)15(16)10-18-19/h4-7,10,17H,3,8-9,11H2,1-2H3. The van der Waals surface area contributed by atoms with E-state index in [4.69, 9.17) is 11.6 Å². The van der Waals surface area contributed by atoms with E-state index in [1.807, 2.05) is 11.6 Å². The highest BCUT2D eigenvalue weighted by Gasteiger charge is 2.04. The molecule has 0 saturated heterocycles. The number of benzene rings is 1. The molecular weight excluding hydrogens is 258 g/mol. The van der Waals surface area contributed by atoms with Gasteiger partial charge in [-0.15, -0.1) is 0 Å². The van der Waals surface area contributed by atoms with Crippen LogP contribution in [0.25, 0.3) is 0 Å². The molecule has 0 spiro atoms. The van der Waals surface area contributed by atoms with Crippen LogP contribution in [0.15, 0.2) is 30.5 Å². The van der Waals surface area contributed by atoms with E-state index in [0.29, 0.717) is 0 Å². The van der Waals surface area contributed by atoms with E-state index in [-0.39, 0.29) is 0 Å². The van der Waals surface area contributed by atoms with Gasteiger partial charge in [0.25, 0.3) is 0 Å². The van der Waals surface area contributed by atoms with E-state index in [0.717, 1.165) is 36.8 Å². The molecule has 0 bridgehead atoms. The zero-order valence-corrected chi connectivity index (χ0v) is 12.2. The zero-order chi connectivity index (χ0) is 13.7. The van der Waals surface area contributed by atoms with Crippen molar-refractivity contribution in [2.24, 2.45) is 0 Å². The van der Waals surface area contributed by atoms with Gasteiger partial charge < -0.3 is 5.32 Å². The Morgan fingerprint density at radius 3 is 2.47 bits per heavy atom. The molecule has 2 rings (SSSR count). The van der Waals surface area contributed by atoms with Crippen LogP contribution >= 0.6 is 11.6 Å². The van der Waals surface area contributed by atoms with Crippen LogP contribution in [0.1, 0.15) is 23.7 Å². The highest BCUT2D eigenvalue weighted by molar-refractivity contribution is 6.31. The van der Waals surface area contributed by atoms with Crippen LogP contribution in [0.2, 0.25) is 5.02 Å². The minimum Gasteiger partial charge on any atom is -0.317 e. The summed E-state index contributed by atoms with van der Waals surface area (Å²) < 4.78 is 1.93. The van der Waals surface area contributed by atoms with E-state index in [1.165, 1.54) is 11.1 Å². The molecule has 0 aliphatic carbocycles. The van der Waals surface area contributed by atoms with E-state index in [2.05, 4.69) is 41.6 Å². The summed E-state index contributed by atoms with van der Waals surface area (Å²) in [5.41, 5.74) is 3.62. The van der Waals surface area contributed by atoms with Crippen LogP contribution in [-0.4, -0.2) is 22.9 Å². The fourth-order valence-corrected chi connectivity index (χ4v) is 2.12. The number of nitrogens with one attached hydrogen (secondary N) is 1. The Morgan fingerprint density at radius 1 is 1.21 bits per heavy atom. The monoisotopic (exact) mass is 277 g/mol. The average molecular weight is 278 g/mol. The number of aromatic nitrogens is 2. The summed E-state index contributed by atoms with van der Waals surface area (Å²) in [4.78, 5) is 0. The maximum absolute atomic E-state index is 6.00. The smallest absolute Gasteiger partial charge is 0.0815 e. The molecule has 2 aromatic rings. The van der Waals surface area contributed by atoms with Gasteiger partial charge >= 0.3 is 0 Å². The Labute approximate surface area is 119 Å². The Kier molecular flexibility index (Phi) is 5.00. The number of hydrogen-bond donors (Lipinski definition) is 1. The van der Waals surface area contributed by atoms with Crippen LogP contribution in [0, 0.1) is 6.92 Å². The molecule has 0 amide bonds. The Morgan fingerprint density at radius 2 is 1.89 bits per heavy atom. The molecule has 4 heteroatoms. The fourth-order valence-electron chi connectivity index (χ4n) is 1.98. The summed E-state index contributed by atoms with van der Waals surface area (Å²) >= 11 is 6.00. The highest BCUT2D eigenvalue weighted by Crippen LogP contribution is 2.15. The topological polar surface area (TPSA) is 29.9 Å². The van der Waals surface area contributed by atoms with Crippen LogP contribution in [-0.2, 0) is 13.0 Å². The van der Waals surface area contributed by atoms with Gasteiger partial charge in [-0.25, -0.2) is 0 Å². The van der Waals surface area contributed by atoms with Gasteiger partial charge in [-0.1, -0.05) is 42.8 Å². The van der Waals surface area contributed by atoms with E-state index in [1.54, 1.807) is 6.20 Å². The third-order valence-corrected chi connectivity index (χ3v) is 3.61. The maximum atomic E-state index is 6.00. The fraction of sp³-hybridized carbons (Fsp3) is 0.400. The molecule has 0 unspecified atom stereocenters. The molecule has 0 aliphatic heterocycles. The number of hydrogen-bond acceptors (Lipinski definition) is 2. The number of rotatable bonds is 6. The van der Waals surface area contributed by atoms with Crippen molar-refractivity contribution in [1.82, 2.24) is 15.1 Å². The van der Waals surface area contributed by atoms with Gasteiger partial charge in [0.05, 0.1) is 23.5 Å². The summed E-state index contributed by atoms with van der Waals surface area (Å²) in [5.74, 6) is 0. The van der Waals surface area contributed by atoms with Crippen LogP contribution in [0.3, 0.4) is 0 Å². The van der Waals surface area contributed by atoms with Crippen LogP contribution in [0.5, 0.6) is 0 Å². The lowest BCUT2D eigenvalue weighted by atomic mass is 10.1. The quantitative estimate of drug-likeness (QED) is 0.823. The van der Waals surface area contributed by atoms with Crippen LogP contribution in [0.4, 0.5) is 0 Å². The summed E-state index contributed by atoms with van der Waals surface area (Å²) in [6.07, 6.45) is 2.77. The number of nitrogens with zero attached hydrogens (tertiary/aromatic N) is 2. The zero-order valence-electron chi connectivity index (χ0n) is 11.5. The van der Waals surface area contributed by atoms with Gasteiger partial charge in [0.2, 0.25) is 0 Å². The molecule has 102 valence electrons. The predicted octanol–water partition coefficient (Wildman–Crippen LogP) is 3.05. The highest BCUT2D eigenvalue weighted by atomic mass is 35.5. The Hall–Kier alpha value is -1.32. The van der Waals surface area contributed by atoms with Crippen molar-refractivity contribution < 1.29 is 0 Å². The molecule has 19 heavy (non-hydrogen) atoms. The van der Waals surface area contributed by atoms with Gasteiger partial charge in [0, 0.05) is 0 Å². The average Bonchev–Trinajstić information content (AvgIpc) is 2.73. The van der Waals surface area contributed by atoms with E-state index >= 15 is 0 Å². The first-order valence-corrected chi connectivity index (χ1v) is 7.05. The molecule has 0 fully saturated rings. The largest absolute Gasteiger partial charge is 0.317 e. The minimum atomic E-state index is 0.724. The first-order chi connectivity index (χ1) is 9.20. The molecule has 1 heterocycles. The molecule has 0 atom stereocenters. The lowest BCUT2D eigenvalue weighted by Gasteiger charge is -2.07. The first-order valence-electron chi connectivity index (χ1n) is 6.67. The summed E-state index contributed by atoms with van der Waals surface area (Å²) in [6.45, 7) is 6.94. The summed E-state index contributed by atoms with van der Waals surface area (Å²) in [6, 6.07) is 8.70. The normalized spacial score (nSPS) is 10.9. The van der Waals surface area contributed by atoms with Crippen molar-refractivity contribution in [1.29, 1.82) is 0 Å². The van der Waals surface area contributed by atoms with Crippen LogP contribution < -0.4 is 5.32 Å². The molecular formula is C15H20ClN3. The van der Waals surface area contributed by atoms with Gasteiger partial charge in [0.1, 0.15) is 0 Å². The Bertz CT molecular complexity index is 517. The van der Waals surface area contributed by atoms with Crippen molar-refractivity contribution in [3.8, 4) is 0 Å². The van der Waals surface area contributed by atoms with Gasteiger partial charge in [-0.2, -0.15) is 5.10 Å². The van der Waals surface area contributed by atoms with E-state index < -0.39 is 0 Å². The second-order valence-corrected chi connectivity index (χ2v) is 5.06. The van der Waals surface area contributed by atoms with Gasteiger partial charge in [-0.05, 0) is 37.6 Å².